The summed E-state index contributed by atoms with van der Waals surface area (Å²) in [7, 11) is 1.65. The minimum Gasteiger partial charge on any atom is -0.343 e. The first-order valence-electron chi connectivity index (χ1n) is 10.4. The van der Waals surface area contributed by atoms with Gasteiger partial charge in [0.25, 0.3) is 5.91 Å². The van der Waals surface area contributed by atoms with Gasteiger partial charge in [-0.05, 0) is 37.6 Å². The van der Waals surface area contributed by atoms with E-state index in [9.17, 15) is 18.8 Å². The number of halogens is 1. The maximum Gasteiger partial charge on any atom is 0.251 e. The van der Waals surface area contributed by atoms with Crippen molar-refractivity contribution in [2.24, 2.45) is 5.92 Å². The molecule has 3 N–H and O–H groups in total. The number of carbonyl (C=O) groups is 3. The highest BCUT2D eigenvalue weighted by Gasteiger charge is 2.43. The van der Waals surface area contributed by atoms with Crippen molar-refractivity contribution in [3.8, 4) is 0 Å². The Morgan fingerprint density at radius 3 is 2.59 bits per heavy atom. The van der Waals surface area contributed by atoms with E-state index in [1.807, 2.05) is 13.8 Å². The molecule has 9 nitrogen and oxygen atoms in total. The Labute approximate surface area is 185 Å². The Bertz CT molecular complexity index is 1010. The van der Waals surface area contributed by atoms with Crippen LogP contribution in [0.4, 0.5) is 15.9 Å². The number of pyridine rings is 2. The molecule has 3 atom stereocenters. The lowest BCUT2D eigenvalue weighted by Gasteiger charge is -2.31. The largest absolute Gasteiger partial charge is 0.343 e. The molecule has 0 bridgehead atoms. The maximum atomic E-state index is 14.0. The van der Waals surface area contributed by atoms with E-state index < -0.39 is 35.8 Å². The number of nitrogens with zero attached hydrogens (tertiary/aromatic N) is 3. The first-order valence-corrected chi connectivity index (χ1v) is 10.4. The Hall–Kier alpha value is -3.40. The molecule has 0 fully saturated rings. The number of hydrogen-bond donors (Lipinski definition) is 3. The number of amides is 3. The van der Waals surface area contributed by atoms with E-state index in [2.05, 4.69) is 25.9 Å². The smallest absolute Gasteiger partial charge is 0.251 e. The van der Waals surface area contributed by atoms with E-state index in [-0.39, 0.29) is 23.9 Å². The van der Waals surface area contributed by atoms with E-state index in [0.717, 1.165) is 6.20 Å². The van der Waals surface area contributed by atoms with Crippen LogP contribution in [0.3, 0.4) is 0 Å². The van der Waals surface area contributed by atoms with Gasteiger partial charge in [-0.25, -0.2) is 9.37 Å². The van der Waals surface area contributed by atoms with Crippen molar-refractivity contribution >= 4 is 29.2 Å². The molecule has 3 rings (SSSR count). The van der Waals surface area contributed by atoms with Gasteiger partial charge in [0.2, 0.25) is 11.8 Å². The van der Waals surface area contributed by atoms with Gasteiger partial charge in [-0.15, -0.1) is 0 Å². The summed E-state index contributed by atoms with van der Waals surface area (Å²) in [5, 5.41) is 8.15. The Kier molecular flexibility index (Phi) is 7.14. The number of likely N-dealkylation sites (N-methyl/N-ethyl adjacent to an activating group) is 1. The SMILES string of the molecule is CN[C@@H](C)C(=O)N[C@H](C(=O)N1c2ncccc2C[C@H]1C(=O)Nc1ccncc1F)C(C)C. The zero-order valence-electron chi connectivity index (χ0n) is 18.4. The van der Waals surface area contributed by atoms with Gasteiger partial charge in [0, 0.05) is 18.8 Å². The van der Waals surface area contributed by atoms with Crippen LogP contribution in [-0.2, 0) is 20.8 Å². The molecule has 2 aromatic rings. The average molecular weight is 442 g/mol. The predicted molar refractivity (Wildman–Crippen MR) is 117 cm³/mol. The van der Waals surface area contributed by atoms with Crippen LogP contribution in [-0.4, -0.2) is 52.9 Å². The molecule has 10 heteroatoms. The van der Waals surface area contributed by atoms with E-state index in [0.29, 0.717) is 11.4 Å². The average Bonchev–Trinajstić information content (AvgIpc) is 3.17. The molecule has 0 saturated carbocycles. The molecule has 32 heavy (non-hydrogen) atoms. The van der Waals surface area contributed by atoms with Gasteiger partial charge in [-0.3, -0.25) is 24.3 Å². The van der Waals surface area contributed by atoms with Crippen LogP contribution in [0.5, 0.6) is 0 Å². The molecule has 3 heterocycles. The molecule has 0 aliphatic carbocycles. The Morgan fingerprint density at radius 2 is 1.94 bits per heavy atom. The lowest BCUT2D eigenvalue weighted by Crippen LogP contribution is -2.57. The number of nitrogens with one attached hydrogen (secondary N) is 3. The van der Waals surface area contributed by atoms with Gasteiger partial charge < -0.3 is 16.0 Å². The highest BCUT2D eigenvalue weighted by Crippen LogP contribution is 2.32. The van der Waals surface area contributed by atoms with Crippen molar-refractivity contribution in [3.63, 3.8) is 0 Å². The molecule has 0 spiro atoms. The molecule has 0 aromatic carbocycles. The number of fused-ring (bicyclic) bond motifs is 1. The summed E-state index contributed by atoms with van der Waals surface area (Å²) in [6.45, 7) is 5.30. The topological polar surface area (TPSA) is 116 Å². The fourth-order valence-electron chi connectivity index (χ4n) is 3.49. The van der Waals surface area contributed by atoms with Crippen molar-refractivity contribution in [2.75, 3.05) is 17.3 Å². The summed E-state index contributed by atoms with van der Waals surface area (Å²) >= 11 is 0. The molecular weight excluding hydrogens is 415 g/mol. The second-order valence-electron chi connectivity index (χ2n) is 8.00. The van der Waals surface area contributed by atoms with Crippen molar-refractivity contribution in [3.05, 3.63) is 48.2 Å². The summed E-state index contributed by atoms with van der Waals surface area (Å²) in [5.74, 6) is -1.91. The van der Waals surface area contributed by atoms with Gasteiger partial charge in [0.15, 0.2) is 5.82 Å². The molecule has 2 aromatic heterocycles. The molecule has 3 amide bonds. The van der Waals surface area contributed by atoms with Crippen LogP contribution in [0.1, 0.15) is 26.3 Å². The van der Waals surface area contributed by atoms with Crippen molar-refractivity contribution in [2.45, 2.75) is 45.3 Å². The van der Waals surface area contributed by atoms with Crippen LogP contribution < -0.4 is 20.9 Å². The van der Waals surface area contributed by atoms with Crippen molar-refractivity contribution in [1.29, 1.82) is 0 Å². The van der Waals surface area contributed by atoms with E-state index >= 15 is 0 Å². The first-order chi connectivity index (χ1) is 15.2. The van der Waals surface area contributed by atoms with Crippen molar-refractivity contribution < 1.29 is 18.8 Å². The molecule has 1 aliphatic heterocycles. The fourth-order valence-corrected chi connectivity index (χ4v) is 3.49. The number of anilines is 2. The number of rotatable bonds is 7. The second-order valence-corrected chi connectivity index (χ2v) is 8.00. The standard InChI is InChI=1S/C22H27FN6O3/c1-12(2)18(28-20(30)13(3)24-4)22(32)29-17(10-14-6-5-8-26-19(14)29)21(31)27-16-7-9-25-11-15(16)23/h5-9,11-13,17-18,24H,10H2,1-4H3,(H,28,30)(H,25,27,31)/t13-,17-,18-/m0/s1. The monoisotopic (exact) mass is 442 g/mol. The minimum absolute atomic E-state index is 0.0297. The normalized spacial score (nSPS) is 16.9. The van der Waals surface area contributed by atoms with Gasteiger partial charge in [-0.1, -0.05) is 19.9 Å². The predicted octanol–water partition coefficient (Wildman–Crippen LogP) is 1.26. The minimum atomic E-state index is -0.945. The third-order valence-electron chi connectivity index (χ3n) is 5.45. The maximum absolute atomic E-state index is 14.0. The first kappa shape index (κ1) is 23.3. The summed E-state index contributed by atoms with van der Waals surface area (Å²) in [4.78, 5) is 48.5. The van der Waals surface area contributed by atoms with Crippen LogP contribution in [0.2, 0.25) is 0 Å². The Balaban J connectivity index is 1.91. The lowest BCUT2D eigenvalue weighted by molar-refractivity contribution is -0.130. The third kappa shape index (κ3) is 4.75. The lowest BCUT2D eigenvalue weighted by atomic mass is 10.0. The second kappa shape index (κ2) is 9.82. The summed E-state index contributed by atoms with van der Waals surface area (Å²) in [6, 6.07) is 2.53. The van der Waals surface area contributed by atoms with Crippen LogP contribution in [0, 0.1) is 11.7 Å². The van der Waals surface area contributed by atoms with E-state index in [1.54, 1.807) is 26.1 Å². The van der Waals surface area contributed by atoms with Gasteiger partial charge in [0.1, 0.15) is 17.9 Å². The molecule has 170 valence electrons. The molecule has 0 saturated heterocycles. The summed E-state index contributed by atoms with van der Waals surface area (Å²) in [5.41, 5.74) is 0.687. The van der Waals surface area contributed by atoms with Gasteiger partial charge >= 0.3 is 0 Å². The number of carbonyl (C=O) groups excluding carboxylic acids is 3. The molecule has 0 radical (unpaired) electrons. The van der Waals surface area contributed by atoms with Gasteiger partial charge in [-0.2, -0.15) is 0 Å². The highest BCUT2D eigenvalue weighted by molar-refractivity contribution is 6.09. The fraction of sp³-hybridized carbons (Fsp3) is 0.409. The van der Waals surface area contributed by atoms with Crippen molar-refractivity contribution in [1.82, 2.24) is 20.6 Å². The van der Waals surface area contributed by atoms with Crippen LogP contribution in [0.15, 0.2) is 36.8 Å². The van der Waals surface area contributed by atoms with E-state index in [1.165, 1.54) is 23.4 Å². The molecule has 1 aliphatic rings. The van der Waals surface area contributed by atoms with Crippen LogP contribution in [0.25, 0.3) is 0 Å². The van der Waals surface area contributed by atoms with E-state index in [4.69, 9.17) is 0 Å². The Morgan fingerprint density at radius 1 is 1.19 bits per heavy atom. The van der Waals surface area contributed by atoms with Crippen LogP contribution >= 0.6 is 0 Å². The summed E-state index contributed by atoms with van der Waals surface area (Å²) in [6.07, 6.45) is 4.11. The highest BCUT2D eigenvalue weighted by atomic mass is 19.1. The quantitative estimate of drug-likeness (QED) is 0.595. The molecule has 0 unspecified atom stereocenters. The number of hydrogen-bond acceptors (Lipinski definition) is 6. The summed E-state index contributed by atoms with van der Waals surface area (Å²) < 4.78 is 14.0. The van der Waals surface area contributed by atoms with Gasteiger partial charge in [0.05, 0.1) is 17.9 Å². The third-order valence-corrected chi connectivity index (χ3v) is 5.45. The molecular formula is C22H27FN6O3. The zero-order chi connectivity index (χ0) is 23.4. The number of aromatic nitrogens is 2. The zero-order valence-corrected chi connectivity index (χ0v) is 18.4.